The van der Waals surface area contributed by atoms with Gasteiger partial charge < -0.3 is 15.5 Å². The molecule has 0 spiro atoms. The Morgan fingerprint density at radius 3 is 2.69 bits per heavy atom. The van der Waals surface area contributed by atoms with Crippen molar-refractivity contribution in [1.82, 2.24) is 9.80 Å². The van der Waals surface area contributed by atoms with Crippen LogP contribution in [0.5, 0.6) is 0 Å². The molecule has 1 aliphatic heterocycles. The molecule has 92 valence electrons. The molecule has 2 N–H and O–H groups in total. The molecule has 1 saturated heterocycles. The van der Waals surface area contributed by atoms with E-state index in [0.29, 0.717) is 13.1 Å². The number of hydrogen-bond donors (Lipinski definition) is 1. The van der Waals surface area contributed by atoms with E-state index in [2.05, 4.69) is 0 Å². The smallest absolute Gasteiger partial charge is 0.236 e. The lowest BCUT2D eigenvalue weighted by Crippen LogP contribution is -2.46. The number of likely N-dealkylation sites (tertiary alicyclic amines) is 1. The maximum atomic E-state index is 11.6. The van der Waals surface area contributed by atoms with Crippen molar-refractivity contribution < 1.29 is 9.59 Å². The second kappa shape index (κ2) is 5.84. The first-order chi connectivity index (χ1) is 7.60. The minimum absolute atomic E-state index is 0.0119. The summed E-state index contributed by atoms with van der Waals surface area (Å²) in [6.45, 7) is 5.67. The number of amides is 2. The van der Waals surface area contributed by atoms with Crippen LogP contribution in [0.25, 0.3) is 0 Å². The molecule has 1 fully saturated rings. The Hall–Kier alpha value is -1.10. The third kappa shape index (κ3) is 2.95. The van der Waals surface area contributed by atoms with Gasteiger partial charge in [-0.05, 0) is 19.8 Å². The zero-order valence-electron chi connectivity index (χ0n) is 10.1. The van der Waals surface area contributed by atoms with Crippen LogP contribution < -0.4 is 5.73 Å². The number of hydrogen-bond acceptors (Lipinski definition) is 3. The van der Waals surface area contributed by atoms with Crippen LogP contribution in [0.4, 0.5) is 0 Å². The zero-order chi connectivity index (χ0) is 12.1. The molecule has 0 unspecified atom stereocenters. The summed E-state index contributed by atoms with van der Waals surface area (Å²) in [6, 6.07) is 0.153. The van der Waals surface area contributed by atoms with Gasteiger partial charge in [-0.2, -0.15) is 0 Å². The van der Waals surface area contributed by atoms with Gasteiger partial charge in [0.1, 0.15) is 0 Å². The molecule has 1 rings (SSSR count). The lowest BCUT2D eigenvalue weighted by atomic mass is 10.2. The number of carbonyl (C=O) groups is 2. The van der Waals surface area contributed by atoms with Gasteiger partial charge in [0.2, 0.25) is 11.8 Å². The van der Waals surface area contributed by atoms with Crippen molar-refractivity contribution in [3.05, 3.63) is 0 Å². The Balaban J connectivity index is 2.58. The van der Waals surface area contributed by atoms with Crippen molar-refractivity contribution in [3.63, 3.8) is 0 Å². The zero-order valence-corrected chi connectivity index (χ0v) is 10.1. The largest absolute Gasteiger partial charge is 0.341 e. The van der Waals surface area contributed by atoms with Crippen LogP contribution in [-0.4, -0.2) is 53.8 Å². The van der Waals surface area contributed by atoms with Crippen LogP contribution >= 0.6 is 0 Å². The molecule has 2 amide bonds. The molecule has 0 aromatic heterocycles. The molecular formula is C11H21N3O2. The average molecular weight is 227 g/mol. The van der Waals surface area contributed by atoms with Gasteiger partial charge in [-0.1, -0.05) is 0 Å². The Labute approximate surface area is 96.6 Å². The van der Waals surface area contributed by atoms with E-state index in [1.165, 1.54) is 0 Å². The van der Waals surface area contributed by atoms with Crippen LogP contribution in [0, 0.1) is 0 Å². The van der Waals surface area contributed by atoms with Gasteiger partial charge in [0.15, 0.2) is 0 Å². The van der Waals surface area contributed by atoms with Crippen molar-refractivity contribution >= 4 is 11.8 Å². The minimum atomic E-state index is -0.0119. The van der Waals surface area contributed by atoms with Crippen molar-refractivity contribution in [2.75, 3.05) is 26.2 Å². The van der Waals surface area contributed by atoms with E-state index in [0.717, 1.165) is 19.4 Å². The fraction of sp³-hybridized carbons (Fsp3) is 0.818. The Morgan fingerprint density at radius 2 is 2.19 bits per heavy atom. The lowest BCUT2D eigenvalue weighted by Gasteiger charge is -2.29. The van der Waals surface area contributed by atoms with Crippen LogP contribution in [0.2, 0.25) is 0 Å². The van der Waals surface area contributed by atoms with Crippen LogP contribution in [0.1, 0.15) is 26.7 Å². The molecule has 1 atom stereocenters. The quantitative estimate of drug-likeness (QED) is 0.723. The van der Waals surface area contributed by atoms with Crippen molar-refractivity contribution in [2.45, 2.75) is 32.7 Å². The monoisotopic (exact) mass is 227 g/mol. The first-order valence-corrected chi connectivity index (χ1v) is 5.85. The predicted octanol–water partition coefficient (Wildman–Crippen LogP) is -0.195. The fourth-order valence-corrected chi connectivity index (χ4v) is 2.21. The molecule has 0 radical (unpaired) electrons. The highest BCUT2D eigenvalue weighted by Gasteiger charge is 2.29. The van der Waals surface area contributed by atoms with Crippen molar-refractivity contribution in [1.29, 1.82) is 0 Å². The van der Waals surface area contributed by atoms with Gasteiger partial charge in [0, 0.05) is 32.6 Å². The summed E-state index contributed by atoms with van der Waals surface area (Å²) < 4.78 is 0. The normalized spacial score (nSPS) is 19.9. The fourth-order valence-electron chi connectivity index (χ4n) is 2.21. The Bertz CT molecular complexity index is 268. The molecule has 0 saturated carbocycles. The van der Waals surface area contributed by atoms with Gasteiger partial charge in [-0.3, -0.25) is 9.59 Å². The van der Waals surface area contributed by atoms with Gasteiger partial charge >= 0.3 is 0 Å². The van der Waals surface area contributed by atoms with Gasteiger partial charge in [-0.15, -0.1) is 0 Å². The van der Waals surface area contributed by atoms with E-state index in [-0.39, 0.29) is 24.4 Å². The lowest BCUT2D eigenvalue weighted by molar-refractivity contribution is -0.134. The first kappa shape index (κ1) is 13.0. The molecule has 5 nitrogen and oxygen atoms in total. The van der Waals surface area contributed by atoms with Crippen LogP contribution in [0.3, 0.4) is 0 Å². The summed E-state index contributed by atoms with van der Waals surface area (Å²) in [6.07, 6.45) is 1.97. The second-order valence-electron chi connectivity index (χ2n) is 4.14. The van der Waals surface area contributed by atoms with E-state index in [9.17, 15) is 9.59 Å². The summed E-state index contributed by atoms with van der Waals surface area (Å²) in [5.41, 5.74) is 5.37. The van der Waals surface area contributed by atoms with Crippen molar-refractivity contribution in [3.8, 4) is 0 Å². The first-order valence-electron chi connectivity index (χ1n) is 5.85. The highest BCUT2D eigenvalue weighted by atomic mass is 16.2. The van der Waals surface area contributed by atoms with Gasteiger partial charge in [-0.25, -0.2) is 0 Å². The molecule has 0 aromatic carbocycles. The molecule has 16 heavy (non-hydrogen) atoms. The van der Waals surface area contributed by atoms with E-state index in [4.69, 9.17) is 5.73 Å². The Morgan fingerprint density at radius 1 is 1.50 bits per heavy atom. The summed E-state index contributed by atoms with van der Waals surface area (Å²) in [7, 11) is 0. The van der Waals surface area contributed by atoms with E-state index in [1.54, 1.807) is 11.8 Å². The highest BCUT2D eigenvalue weighted by molar-refractivity contribution is 5.79. The van der Waals surface area contributed by atoms with Crippen LogP contribution in [0.15, 0.2) is 0 Å². The molecule has 1 heterocycles. The van der Waals surface area contributed by atoms with Gasteiger partial charge in [0.05, 0.1) is 6.54 Å². The summed E-state index contributed by atoms with van der Waals surface area (Å²) in [5, 5.41) is 0. The van der Waals surface area contributed by atoms with Gasteiger partial charge in [0.25, 0.3) is 0 Å². The molecule has 0 aliphatic carbocycles. The number of nitrogens with zero attached hydrogens (tertiary/aromatic N) is 2. The summed E-state index contributed by atoms with van der Waals surface area (Å²) >= 11 is 0. The SMILES string of the molecule is CCN(C[C@@H]1CCCN1C(=O)CN)C(C)=O. The second-order valence-corrected chi connectivity index (χ2v) is 4.14. The molecule has 1 aliphatic rings. The summed E-state index contributed by atoms with van der Waals surface area (Å²) in [4.78, 5) is 26.4. The molecule has 5 heteroatoms. The number of nitrogens with two attached hydrogens (primary N) is 1. The molecule has 0 aromatic rings. The van der Waals surface area contributed by atoms with E-state index >= 15 is 0 Å². The van der Waals surface area contributed by atoms with Crippen molar-refractivity contribution in [2.24, 2.45) is 5.73 Å². The summed E-state index contributed by atoms with van der Waals surface area (Å²) in [5.74, 6) is 0.0525. The standard InChI is InChI=1S/C11H21N3O2/c1-3-13(9(2)15)8-10-5-4-6-14(10)11(16)7-12/h10H,3-8,12H2,1-2H3/t10-/m0/s1. The number of rotatable bonds is 4. The predicted molar refractivity (Wildman–Crippen MR) is 61.7 cm³/mol. The number of carbonyl (C=O) groups excluding carboxylic acids is 2. The van der Waals surface area contributed by atoms with E-state index in [1.807, 2.05) is 11.8 Å². The minimum Gasteiger partial charge on any atom is -0.341 e. The third-order valence-electron chi connectivity index (χ3n) is 3.13. The topological polar surface area (TPSA) is 66.6 Å². The van der Waals surface area contributed by atoms with E-state index < -0.39 is 0 Å². The number of likely N-dealkylation sites (N-methyl/N-ethyl adjacent to an activating group) is 1. The molecular weight excluding hydrogens is 206 g/mol. The average Bonchev–Trinajstić information content (AvgIpc) is 2.72. The third-order valence-corrected chi connectivity index (χ3v) is 3.13. The highest BCUT2D eigenvalue weighted by Crippen LogP contribution is 2.18. The Kier molecular flexibility index (Phi) is 4.73. The molecule has 0 bridgehead atoms. The van der Waals surface area contributed by atoms with Crippen LogP contribution in [-0.2, 0) is 9.59 Å². The maximum Gasteiger partial charge on any atom is 0.236 e. The maximum absolute atomic E-state index is 11.6.